The molecule has 0 radical (unpaired) electrons. The number of thiophene rings is 1. The second-order valence-electron chi connectivity index (χ2n) is 26.2. The third kappa shape index (κ3) is 8.36. The largest absolute Gasteiger partial charge is 0.310 e. The van der Waals surface area contributed by atoms with E-state index in [2.05, 4.69) is 332 Å². The molecule has 0 unspecified atom stereocenters. The molecule has 0 saturated carbocycles. The van der Waals surface area contributed by atoms with E-state index >= 15 is 0 Å². The van der Waals surface area contributed by atoms with Gasteiger partial charge >= 0.3 is 0 Å². The Morgan fingerprint density at radius 1 is 0.370 bits per heavy atom. The zero-order valence-corrected chi connectivity index (χ0v) is 52.8. The fourth-order valence-electron chi connectivity index (χ4n) is 15.5. The van der Waals surface area contributed by atoms with Crippen LogP contribution in [-0.4, -0.2) is 15.8 Å². The van der Waals surface area contributed by atoms with Crippen LogP contribution in [0.1, 0.15) is 51.7 Å². The Labute approximate surface area is 541 Å². The highest BCUT2D eigenvalue weighted by Crippen LogP contribution is 2.55. The SMILES string of the molecule is CCCCc1ccc2c(sc3ccccc32)c1N1c2cc(-n3c4ccccc4c4ccccc43)ccc2B2c3ccc(-n4c5ccccc5c5ccccc54)cc3N(c3c(-c4ccccc4)cc(-c4ccccc4)cc3-c3ccccc3)c3cc(C(C)(C)C)cc1c32. The molecule has 16 aromatic rings. The second kappa shape index (κ2) is 21.2. The average Bonchev–Trinajstić information content (AvgIpc) is 0.771. The van der Waals surface area contributed by atoms with E-state index in [-0.39, 0.29) is 12.1 Å². The van der Waals surface area contributed by atoms with E-state index in [4.69, 9.17) is 0 Å². The second-order valence-corrected chi connectivity index (χ2v) is 27.2. The molecule has 0 atom stereocenters. The van der Waals surface area contributed by atoms with Crippen LogP contribution in [0.5, 0.6) is 0 Å². The molecule has 0 bridgehead atoms. The summed E-state index contributed by atoms with van der Waals surface area (Å²) in [5.41, 5.74) is 27.4. The monoisotopic (exact) mass is 1200 g/mol. The third-order valence-corrected chi connectivity index (χ3v) is 21.0. The summed E-state index contributed by atoms with van der Waals surface area (Å²) in [4.78, 5) is 5.49. The number of unbranched alkanes of at least 4 members (excludes halogenated alkanes) is 1. The minimum atomic E-state index is -0.273. The Hall–Kier alpha value is -10.7. The molecule has 0 fully saturated rings. The number of para-hydroxylation sites is 4. The quantitative estimate of drug-likeness (QED) is 0.127. The standard InChI is InChI=1S/C86H65BN4S/c1-5-6-26-58-43-46-68-67-37-20-25-42-81(67)92-85(68)83(58)90-77-53-61(88-73-38-21-16-33-63(73)64-34-17-22-39-74(64)88)44-47-71(77)87-72-48-45-62(89-75-40-23-18-35-65(75)66-36-19-24-41-76(66)89)54-78(72)91(80-52-60(86(2,3)4)51-79(90)82(80)87)84-69(56-29-12-8-13-30-56)49-59(55-27-10-7-11-28-55)50-70(84)57-31-14-9-15-32-57/h7-25,27-54H,5-6,26H2,1-4H3. The molecule has 0 N–H and O–H groups in total. The van der Waals surface area contributed by atoms with Gasteiger partial charge in [-0.3, -0.25) is 0 Å². The highest BCUT2D eigenvalue weighted by atomic mass is 32.1. The van der Waals surface area contributed by atoms with Crippen LogP contribution in [0.2, 0.25) is 0 Å². The van der Waals surface area contributed by atoms with Crippen molar-refractivity contribution < 1.29 is 0 Å². The van der Waals surface area contributed by atoms with Crippen molar-refractivity contribution in [3.05, 3.63) is 296 Å². The number of aryl methyl sites for hydroxylation is 1. The Morgan fingerprint density at radius 3 is 1.28 bits per heavy atom. The highest BCUT2D eigenvalue weighted by molar-refractivity contribution is 7.26. The van der Waals surface area contributed by atoms with Gasteiger partial charge in [-0.05, 0) is 147 Å². The maximum absolute atomic E-state index is 2.77. The van der Waals surface area contributed by atoms with Gasteiger partial charge in [-0.1, -0.05) is 240 Å². The zero-order valence-electron chi connectivity index (χ0n) is 52.0. The van der Waals surface area contributed by atoms with Gasteiger partial charge in [0.1, 0.15) is 0 Å². The molecule has 13 aromatic carbocycles. The molecule has 0 saturated heterocycles. The molecule has 4 nitrogen and oxygen atoms in total. The van der Waals surface area contributed by atoms with Crippen LogP contribution in [0.4, 0.5) is 34.1 Å². The van der Waals surface area contributed by atoms with Crippen molar-refractivity contribution in [3.63, 3.8) is 0 Å². The first-order valence-electron chi connectivity index (χ1n) is 32.6. The number of rotatable bonds is 10. The van der Waals surface area contributed by atoms with E-state index in [1.54, 1.807) is 0 Å². The number of hydrogen-bond acceptors (Lipinski definition) is 3. The fraction of sp³-hybridized carbons (Fsp3) is 0.0930. The summed E-state index contributed by atoms with van der Waals surface area (Å²) in [6, 6.07) is 108. The lowest BCUT2D eigenvalue weighted by Crippen LogP contribution is -2.61. The summed E-state index contributed by atoms with van der Waals surface area (Å²) in [5.74, 6) is 0. The molecule has 18 rings (SSSR count). The summed E-state index contributed by atoms with van der Waals surface area (Å²) in [7, 11) is 0. The fourth-order valence-corrected chi connectivity index (χ4v) is 16.8. The van der Waals surface area contributed by atoms with Crippen molar-refractivity contribution in [3.8, 4) is 44.8 Å². The predicted octanol–water partition coefficient (Wildman–Crippen LogP) is 22.0. The lowest BCUT2D eigenvalue weighted by atomic mass is 9.33. The maximum atomic E-state index is 2.77. The summed E-state index contributed by atoms with van der Waals surface area (Å²) < 4.78 is 7.63. The van der Waals surface area contributed by atoms with Crippen molar-refractivity contribution in [2.45, 2.75) is 52.4 Å². The van der Waals surface area contributed by atoms with E-state index in [9.17, 15) is 0 Å². The van der Waals surface area contributed by atoms with Crippen molar-refractivity contribution in [2.24, 2.45) is 0 Å². The average molecular weight is 1200 g/mol. The maximum Gasteiger partial charge on any atom is 0.252 e. The first kappa shape index (κ1) is 54.3. The van der Waals surface area contributed by atoms with E-state index in [0.717, 1.165) is 64.3 Å². The van der Waals surface area contributed by atoms with Crippen molar-refractivity contribution in [2.75, 3.05) is 9.80 Å². The first-order valence-corrected chi connectivity index (χ1v) is 33.4. The Morgan fingerprint density at radius 2 is 0.804 bits per heavy atom. The van der Waals surface area contributed by atoms with Gasteiger partial charge < -0.3 is 18.9 Å². The minimum Gasteiger partial charge on any atom is -0.310 e. The van der Waals surface area contributed by atoms with Crippen LogP contribution in [0.15, 0.2) is 285 Å². The van der Waals surface area contributed by atoms with Gasteiger partial charge in [0.2, 0.25) is 0 Å². The molecule has 0 amide bonds. The van der Waals surface area contributed by atoms with E-state index in [1.807, 2.05) is 11.3 Å². The Balaban J connectivity index is 1.02. The summed E-state index contributed by atoms with van der Waals surface area (Å²) in [6.07, 6.45) is 3.12. The normalized spacial score (nSPS) is 12.8. The van der Waals surface area contributed by atoms with Crippen LogP contribution in [0, 0.1) is 0 Å². The lowest BCUT2D eigenvalue weighted by Gasteiger charge is -2.46. The van der Waals surface area contributed by atoms with Crippen LogP contribution >= 0.6 is 11.3 Å². The summed E-state index contributed by atoms with van der Waals surface area (Å²) >= 11 is 1.95. The van der Waals surface area contributed by atoms with Crippen molar-refractivity contribution in [1.29, 1.82) is 0 Å². The summed E-state index contributed by atoms with van der Waals surface area (Å²) in [5, 5.41) is 7.58. The van der Waals surface area contributed by atoms with Gasteiger partial charge in [-0.15, -0.1) is 11.3 Å². The number of anilines is 6. The van der Waals surface area contributed by atoms with Crippen LogP contribution < -0.4 is 26.2 Å². The Bertz CT molecular complexity index is 5470. The van der Waals surface area contributed by atoms with Gasteiger partial charge in [-0.2, -0.15) is 0 Å². The zero-order chi connectivity index (χ0) is 61.3. The molecule has 5 heterocycles. The number of benzene rings is 13. The first-order chi connectivity index (χ1) is 45.3. The molecule has 438 valence electrons. The number of aromatic nitrogens is 2. The van der Waals surface area contributed by atoms with E-state index in [1.165, 1.54) is 125 Å². The number of fused-ring (bicyclic) bond motifs is 13. The van der Waals surface area contributed by atoms with Gasteiger partial charge in [0, 0.05) is 82.3 Å². The van der Waals surface area contributed by atoms with Gasteiger partial charge in [0.15, 0.2) is 0 Å². The van der Waals surface area contributed by atoms with Crippen LogP contribution in [-0.2, 0) is 11.8 Å². The van der Waals surface area contributed by atoms with Gasteiger partial charge in [0.25, 0.3) is 6.71 Å². The molecule has 6 heteroatoms. The van der Waals surface area contributed by atoms with Crippen molar-refractivity contribution >= 4 is 132 Å². The Kier molecular flexibility index (Phi) is 12.5. The molecule has 0 spiro atoms. The number of hydrogen-bond donors (Lipinski definition) is 0. The molecule has 0 aliphatic carbocycles. The lowest BCUT2D eigenvalue weighted by molar-refractivity contribution is 0.590. The van der Waals surface area contributed by atoms with Gasteiger partial charge in [0.05, 0.1) is 38.1 Å². The molecule has 92 heavy (non-hydrogen) atoms. The minimum absolute atomic E-state index is 0.171. The van der Waals surface area contributed by atoms with E-state index in [0.29, 0.717) is 0 Å². The smallest absolute Gasteiger partial charge is 0.252 e. The highest BCUT2D eigenvalue weighted by Gasteiger charge is 2.46. The molecule has 2 aliphatic heterocycles. The molecule has 3 aromatic heterocycles. The summed E-state index contributed by atoms with van der Waals surface area (Å²) in [6.45, 7) is 9.37. The molecular weight excluding hydrogens is 1130 g/mol. The van der Waals surface area contributed by atoms with Crippen molar-refractivity contribution in [1.82, 2.24) is 9.13 Å². The molecular formula is C86H65BN4S. The van der Waals surface area contributed by atoms with E-state index < -0.39 is 0 Å². The molecule has 2 aliphatic rings. The van der Waals surface area contributed by atoms with Gasteiger partial charge in [-0.25, -0.2) is 0 Å². The topological polar surface area (TPSA) is 16.3 Å². The predicted molar refractivity (Wildman–Crippen MR) is 396 cm³/mol. The number of nitrogens with zero attached hydrogens (tertiary/aromatic N) is 4. The third-order valence-electron chi connectivity index (χ3n) is 19.8. The van der Waals surface area contributed by atoms with Crippen LogP contribution in [0.25, 0.3) is 109 Å². The van der Waals surface area contributed by atoms with Crippen LogP contribution in [0.3, 0.4) is 0 Å².